The van der Waals surface area contributed by atoms with Crippen molar-refractivity contribution in [1.29, 1.82) is 0 Å². The van der Waals surface area contributed by atoms with Gasteiger partial charge in [-0.15, -0.1) is 16.4 Å². The van der Waals surface area contributed by atoms with E-state index in [1.165, 1.54) is 27.8 Å². The number of rotatable bonds is 3. The Morgan fingerprint density at radius 3 is 2.87 bits per heavy atom. The second-order valence-electron chi connectivity index (χ2n) is 8.31. The summed E-state index contributed by atoms with van der Waals surface area (Å²) < 4.78 is 7.26. The topological polar surface area (TPSA) is 68.5 Å². The van der Waals surface area contributed by atoms with Crippen LogP contribution in [-0.4, -0.2) is 33.9 Å². The number of benzene rings is 1. The van der Waals surface area contributed by atoms with Gasteiger partial charge in [-0.05, 0) is 44.1 Å². The standard InChI is InChI=1S/C23H24N4O2S/c28-23-19-17-10-2-1-3-11-18(17)30-22(19)25-21-16-9-5-4-8-15(16)20(26-27(21)23)24-13-14-7-6-12-29-14/h4-5,8-9,14H,1-3,6-7,10-13H2,(H,24,26). The lowest BCUT2D eigenvalue weighted by Crippen LogP contribution is -2.23. The van der Waals surface area contributed by atoms with Gasteiger partial charge in [0.1, 0.15) is 4.83 Å². The maximum atomic E-state index is 13.6. The monoisotopic (exact) mass is 420 g/mol. The first kappa shape index (κ1) is 18.3. The van der Waals surface area contributed by atoms with Gasteiger partial charge in [-0.1, -0.05) is 30.7 Å². The van der Waals surface area contributed by atoms with Crippen LogP contribution in [0.3, 0.4) is 0 Å². The van der Waals surface area contributed by atoms with Crippen molar-refractivity contribution < 1.29 is 4.74 Å². The molecule has 2 aliphatic rings. The number of ether oxygens (including phenoxy) is 1. The molecule has 1 fully saturated rings. The van der Waals surface area contributed by atoms with Gasteiger partial charge in [-0.3, -0.25) is 4.79 Å². The predicted molar refractivity (Wildman–Crippen MR) is 121 cm³/mol. The zero-order valence-corrected chi connectivity index (χ0v) is 17.6. The molecule has 0 bridgehead atoms. The van der Waals surface area contributed by atoms with E-state index in [2.05, 4.69) is 5.32 Å². The molecule has 1 unspecified atom stereocenters. The van der Waals surface area contributed by atoms with Crippen LogP contribution in [-0.2, 0) is 17.6 Å². The van der Waals surface area contributed by atoms with Gasteiger partial charge in [0.2, 0.25) is 0 Å². The quantitative estimate of drug-likeness (QED) is 0.395. The van der Waals surface area contributed by atoms with Crippen molar-refractivity contribution in [2.24, 2.45) is 0 Å². The van der Waals surface area contributed by atoms with Crippen LogP contribution < -0.4 is 10.9 Å². The van der Waals surface area contributed by atoms with Crippen molar-refractivity contribution >= 4 is 43.8 Å². The Kier molecular flexibility index (Phi) is 4.46. The van der Waals surface area contributed by atoms with E-state index in [4.69, 9.17) is 14.8 Å². The Morgan fingerprint density at radius 1 is 1.13 bits per heavy atom. The highest BCUT2D eigenvalue weighted by atomic mass is 32.1. The molecule has 4 heterocycles. The summed E-state index contributed by atoms with van der Waals surface area (Å²) in [6, 6.07) is 8.06. The van der Waals surface area contributed by atoms with E-state index in [0.717, 1.165) is 65.5 Å². The molecule has 1 aliphatic carbocycles. The third-order valence-electron chi connectivity index (χ3n) is 6.36. The Morgan fingerprint density at radius 2 is 2.00 bits per heavy atom. The molecule has 0 amide bonds. The van der Waals surface area contributed by atoms with E-state index in [-0.39, 0.29) is 11.7 Å². The highest BCUT2D eigenvalue weighted by Gasteiger charge is 2.22. The van der Waals surface area contributed by atoms with Crippen LogP contribution in [0.15, 0.2) is 29.1 Å². The molecule has 6 nitrogen and oxygen atoms in total. The minimum absolute atomic E-state index is 0.0414. The first-order chi connectivity index (χ1) is 14.8. The number of thiophene rings is 1. The summed E-state index contributed by atoms with van der Waals surface area (Å²) in [5.41, 5.74) is 1.81. The average Bonchev–Trinajstić information content (AvgIpc) is 3.35. The number of aromatic nitrogens is 3. The highest BCUT2D eigenvalue weighted by molar-refractivity contribution is 7.18. The number of hydrogen-bond acceptors (Lipinski definition) is 6. The molecule has 1 saturated heterocycles. The van der Waals surface area contributed by atoms with Crippen LogP contribution in [0.5, 0.6) is 0 Å². The van der Waals surface area contributed by atoms with E-state index in [0.29, 0.717) is 12.2 Å². The second kappa shape index (κ2) is 7.32. The Hall–Kier alpha value is -2.51. The molecule has 1 N–H and O–H groups in total. The molecule has 154 valence electrons. The van der Waals surface area contributed by atoms with Gasteiger partial charge >= 0.3 is 0 Å². The Labute approximate surface area is 177 Å². The fourth-order valence-corrected chi connectivity index (χ4v) is 6.08. The number of fused-ring (bicyclic) bond motifs is 6. The van der Waals surface area contributed by atoms with Crippen molar-refractivity contribution in [3.63, 3.8) is 0 Å². The van der Waals surface area contributed by atoms with E-state index in [1.807, 2.05) is 24.3 Å². The Balaban J connectivity index is 1.57. The molecule has 7 heteroatoms. The first-order valence-electron chi connectivity index (χ1n) is 10.9. The second-order valence-corrected chi connectivity index (χ2v) is 9.39. The summed E-state index contributed by atoms with van der Waals surface area (Å²) in [4.78, 5) is 20.7. The molecular formula is C23H24N4O2S. The lowest BCUT2D eigenvalue weighted by atomic mass is 10.1. The lowest BCUT2D eigenvalue weighted by Gasteiger charge is -2.14. The molecule has 0 saturated carbocycles. The SMILES string of the molecule is O=c1c2c3c(sc2nc2c4ccccc4c(NCC4CCCO4)nn12)CCCCC3. The third-order valence-corrected chi connectivity index (χ3v) is 7.55. The van der Waals surface area contributed by atoms with E-state index < -0.39 is 0 Å². The number of anilines is 1. The fraction of sp³-hybridized carbons (Fsp3) is 0.435. The van der Waals surface area contributed by atoms with Gasteiger partial charge in [-0.25, -0.2) is 4.98 Å². The lowest BCUT2D eigenvalue weighted by molar-refractivity contribution is 0.120. The summed E-state index contributed by atoms with van der Waals surface area (Å²) >= 11 is 1.70. The summed E-state index contributed by atoms with van der Waals surface area (Å²) in [5, 5.41) is 10.9. The van der Waals surface area contributed by atoms with Crippen molar-refractivity contribution in [2.45, 2.75) is 51.0 Å². The number of aryl methyl sites for hydroxylation is 2. The number of nitrogens with one attached hydrogen (secondary N) is 1. The third kappa shape index (κ3) is 2.91. The van der Waals surface area contributed by atoms with Crippen LogP contribution in [0, 0.1) is 0 Å². The van der Waals surface area contributed by atoms with Crippen LogP contribution in [0.4, 0.5) is 5.82 Å². The molecule has 3 aromatic heterocycles. The molecule has 30 heavy (non-hydrogen) atoms. The average molecular weight is 421 g/mol. The van der Waals surface area contributed by atoms with E-state index >= 15 is 0 Å². The molecule has 1 aliphatic heterocycles. The highest BCUT2D eigenvalue weighted by Crippen LogP contribution is 2.34. The van der Waals surface area contributed by atoms with Crippen LogP contribution >= 0.6 is 11.3 Å². The molecule has 4 aromatic rings. The normalized spacial score (nSPS) is 19.4. The summed E-state index contributed by atoms with van der Waals surface area (Å²) in [6.45, 7) is 1.52. The Bertz CT molecular complexity index is 1320. The van der Waals surface area contributed by atoms with Gasteiger partial charge in [0, 0.05) is 28.8 Å². The van der Waals surface area contributed by atoms with Crippen molar-refractivity contribution in [2.75, 3.05) is 18.5 Å². The molecule has 1 aromatic carbocycles. The minimum atomic E-state index is -0.0414. The van der Waals surface area contributed by atoms with Gasteiger partial charge in [-0.2, -0.15) is 4.52 Å². The minimum Gasteiger partial charge on any atom is -0.376 e. The van der Waals surface area contributed by atoms with Gasteiger partial charge in [0.05, 0.1) is 11.5 Å². The molecule has 0 radical (unpaired) electrons. The van der Waals surface area contributed by atoms with E-state index in [1.54, 1.807) is 11.3 Å². The van der Waals surface area contributed by atoms with Crippen LogP contribution in [0.2, 0.25) is 0 Å². The number of nitrogens with zero attached hydrogens (tertiary/aromatic N) is 3. The van der Waals surface area contributed by atoms with Crippen molar-refractivity contribution in [3.05, 3.63) is 45.1 Å². The molecule has 0 spiro atoms. The predicted octanol–water partition coefficient (Wildman–Crippen LogP) is 4.32. The van der Waals surface area contributed by atoms with Gasteiger partial charge in [0.15, 0.2) is 11.5 Å². The zero-order chi connectivity index (χ0) is 20.1. The summed E-state index contributed by atoms with van der Waals surface area (Å²) in [7, 11) is 0. The number of hydrogen-bond donors (Lipinski definition) is 1. The first-order valence-corrected chi connectivity index (χ1v) is 11.7. The fourth-order valence-electron chi connectivity index (χ4n) is 4.83. The zero-order valence-electron chi connectivity index (χ0n) is 16.8. The molecule has 1 atom stereocenters. The maximum Gasteiger partial charge on any atom is 0.283 e. The maximum absolute atomic E-state index is 13.6. The van der Waals surface area contributed by atoms with Crippen LogP contribution in [0.25, 0.3) is 26.6 Å². The van der Waals surface area contributed by atoms with Gasteiger partial charge in [0.25, 0.3) is 5.56 Å². The van der Waals surface area contributed by atoms with Crippen molar-refractivity contribution in [1.82, 2.24) is 14.6 Å². The summed E-state index contributed by atoms with van der Waals surface area (Å²) in [5.74, 6) is 0.721. The molecular weight excluding hydrogens is 396 g/mol. The smallest absolute Gasteiger partial charge is 0.283 e. The van der Waals surface area contributed by atoms with E-state index in [9.17, 15) is 4.79 Å². The van der Waals surface area contributed by atoms with Crippen molar-refractivity contribution in [3.8, 4) is 0 Å². The molecule has 6 rings (SSSR count). The summed E-state index contributed by atoms with van der Waals surface area (Å²) in [6.07, 6.45) is 7.94. The van der Waals surface area contributed by atoms with Crippen LogP contribution in [0.1, 0.15) is 42.5 Å². The largest absolute Gasteiger partial charge is 0.376 e. The van der Waals surface area contributed by atoms with Gasteiger partial charge < -0.3 is 10.1 Å².